The second-order valence-corrected chi connectivity index (χ2v) is 12.6. The quantitative estimate of drug-likeness (QED) is 0.295. The van der Waals surface area contributed by atoms with Gasteiger partial charge in [-0.2, -0.15) is 0 Å². The Bertz CT molecular complexity index is 1430. The van der Waals surface area contributed by atoms with Crippen LogP contribution >= 0.6 is 11.6 Å². The van der Waals surface area contributed by atoms with Crippen LogP contribution in [0.1, 0.15) is 43.9 Å². The summed E-state index contributed by atoms with van der Waals surface area (Å²) in [4.78, 5) is 29.0. The van der Waals surface area contributed by atoms with Crippen molar-refractivity contribution < 1.29 is 18.0 Å². The highest BCUT2D eigenvalue weighted by Crippen LogP contribution is 2.31. The van der Waals surface area contributed by atoms with Crippen molar-refractivity contribution >= 4 is 39.1 Å². The van der Waals surface area contributed by atoms with Gasteiger partial charge in [0.1, 0.15) is 12.6 Å². The number of anilines is 1. The number of aryl methyl sites for hydroxylation is 1. The SMILES string of the molecule is CC[C@H](C(=O)NCC(C)C)N(Cc1cccc(C)c1)C(=O)CN(c1cccc(Cl)c1C)S(=O)(=O)c1ccccc1. The van der Waals surface area contributed by atoms with Gasteiger partial charge in [-0.25, -0.2) is 8.42 Å². The van der Waals surface area contributed by atoms with Crippen LogP contribution in [0.4, 0.5) is 5.69 Å². The summed E-state index contributed by atoms with van der Waals surface area (Å²) in [7, 11) is -4.15. The summed E-state index contributed by atoms with van der Waals surface area (Å²) < 4.78 is 29.0. The molecule has 2 amide bonds. The minimum atomic E-state index is -4.15. The van der Waals surface area contributed by atoms with Crippen LogP contribution in [-0.4, -0.2) is 44.3 Å². The lowest BCUT2D eigenvalue weighted by molar-refractivity contribution is -0.140. The van der Waals surface area contributed by atoms with Crippen LogP contribution in [0, 0.1) is 19.8 Å². The summed E-state index contributed by atoms with van der Waals surface area (Å²) in [6.07, 6.45) is 0.364. The molecule has 1 N–H and O–H groups in total. The molecule has 0 heterocycles. The molecule has 0 radical (unpaired) electrons. The van der Waals surface area contributed by atoms with Gasteiger partial charge in [-0.1, -0.05) is 86.5 Å². The molecule has 0 saturated heterocycles. The zero-order chi connectivity index (χ0) is 29.4. The first kappa shape index (κ1) is 31.2. The van der Waals surface area contributed by atoms with Crippen molar-refractivity contribution in [3.63, 3.8) is 0 Å². The summed E-state index contributed by atoms with van der Waals surface area (Å²) in [6.45, 7) is 9.63. The number of rotatable bonds is 12. The van der Waals surface area contributed by atoms with Crippen molar-refractivity contribution in [2.45, 2.75) is 58.5 Å². The van der Waals surface area contributed by atoms with E-state index in [0.717, 1.165) is 15.4 Å². The summed E-state index contributed by atoms with van der Waals surface area (Å²) >= 11 is 6.38. The van der Waals surface area contributed by atoms with E-state index in [4.69, 9.17) is 11.6 Å². The predicted octanol–water partition coefficient (Wildman–Crippen LogP) is 5.73. The zero-order valence-electron chi connectivity index (χ0n) is 23.7. The lowest BCUT2D eigenvalue weighted by Gasteiger charge is -2.33. The number of halogens is 1. The van der Waals surface area contributed by atoms with Crippen LogP contribution in [-0.2, 0) is 26.2 Å². The molecule has 0 saturated carbocycles. The number of hydrogen-bond acceptors (Lipinski definition) is 4. The van der Waals surface area contributed by atoms with Gasteiger partial charge in [-0.3, -0.25) is 13.9 Å². The van der Waals surface area contributed by atoms with Gasteiger partial charge >= 0.3 is 0 Å². The number of benzene rings is 3. The van der Waals surface area contributed by atoms with Crippen molar-refractivity contribution in [3.8, 4) is 0 Å². The topological polar surface area (TPSA) is 86.8 Å². The van der Waals surface area contributed by atoms with Crippen molar-refractivity contribution in [3.05, 3.63) is 94.5 Å². The smallest absolute Gasteiger partial charge is 0.264 e. The monoisotopic (exact) mass is 583 g/mol. The maximum Gasteiger partial charge on any atom is 0.264 e. The maximum absolute atomic E-state index is 14.1. The molecule has 3 aromatic carbocycles. The standard InChI is InChI=1S/C31H38ClN3O4S/c1-6-28(31(37)33-19-22(2)3)34(20-25-13-10-12-23(4)18-25)30(36)21-35(29-17-11-16-27(32)24(29)5)40(38,39)26-14-8-7-9-15-26/h7-18,22,28H,6,19-21H2,1-5H3,(H,33,37)/t28-/m1/s1. The van der Waals surface area contributed by atoms with Gasteiger partial charge in [-0.05, 0) is 61.6 Å². The summed E-state index contributed by atoms with van der Waals surface area (Å²) in [5, 5.41) is 3.32. The highest BCUT2D eigenvalue weighted by Gasteiger charge is 2.34. The fraction of sp³-hybridized carbons (Fsp3) is 0.355. The normalized spacial score (nSPS) is 12.2. The molecule has 3 rings (SSSR count). The molecular formula is C31H38ClN3O4S. The van der Waals surface area contributed by atoms with E-state index in [2.05, 4.69) is 5.32 Å². The molecule has 0 unspecified atom stereocenters. The van der Waals surface area contributed by atoms with Gasteiger partial charge in [0.05, 0.1) is 10.6 Å². The zero-order valence-corrected chi connectivity index (χ0v) is 25.3. The first-order valence-electron chi connectivity index (χ1n) is 13.4. The van der Waals surface area contributed by atoms with Gasteiger partial charge in [0.2, 0.25) is 11.8 Å². The van der Waals surface area contributed by atoms with Crippen LogP contribution in [0.3, 0.4) is 0 Å². The van der Waals surface area contributed by atoms with Gasteiger partial charge in [-0.15, -0.1) is 0 Å². The molecular weight excluding hydrogens is 546 g/mol. The van der Waals surface area contributed by atoms with Crippen LogP contribution < -0.4 is 9.62 Å². The maximum atomic E-state index is 14.1. The number of nitrogens with zero attached hydrogens (tertiary/aromatic N) is 2. The Labute approximate surface area is 243 Å². The lowest BCUT2D eigenvalue weighted by atomic mass is 10.1. The van der Waals surface area contributed by atoms with E-state index < -0.39 is 28.5 Å². The second kappa shape index (κ2) is 13.8. The van der Waals surface area contributed by atoms with E-state index in [1.165, 1.54) is 17.0 Å². The summed E-state index contributed by atoms with van der Waals surface area (Å²) in [5.41, 5.74) is 2.70. The van der Waals surface area contributed by atoms with Crippen LogP contribution in [0.2, 0.25) is 5.02 Å². The van der Waals surface area contributed by atoms with Crippen molar-refractivity contribution in [2.24, 2.45) is 5.92 Å². The van der Waals surface area contributed by atoms with E-state index in [-0.39, 0.29) is 23.3 Å². The number of hydrogen-bond donors (Lipinski definition) is 1. The Morgan fingerprint density at radius 3 is 2.25 bits per heavy atom. The van der Waals surface area contributed by atoms with Crippen LogP contribution in [0.5, 0.6) is 0 Å². The predicted molar refractivity (Wildman–Crippen MR) is 161 cm³/mol. The fourth-order valence-electron chi connectivity index (χ4n) is 4.45. The number of carbonyl (C=O) groups is 2. The average molecular weight is 584 g/mol. The molecule has 9 heteroatoms. The molecule has 0 spiro atoms. The second-order valence-electron chi connectivity index (χ2n) is 10.3. The Morgan fingerprint density at radius 2 is 1.62 bits per heavy atom. The van der Waals surface area contributed by atoms with E-state index >= 15 is 0 Å². The third-order valence-electron chi connectivity index (χ3n) is 6.62. The van der Waals surface area contributed by atoms with Gasteiger partial charge in [0.25, 0.3) is 10.0 Å². The van der Waals surface area contributed by atoms with Crippen molar-refractivity contribution in [1.82, 2.24) is 10.2 Å². The number of amides is 2. The Balaban J connectivity index is 2.08. The number of nitrogens with one attached hydrogen (secondary N) is 1. The molecule has 0 aliphatic rings. The lowest BCUT2D eigenvalue weighted by Crippen LogP contribution is -2.52. The Morgan fingerprint density at radius 1 is 0.950 bits per heavy atom. The summed E-state index contributed by atoms with van der Waals surface area (Å²) in [6, 6.07) is 19.9. The molecule has 0 fully saturated rings. The van der Waals surface area contributed by atoms with E-state index in [1.807, 2.05) is 52.0 Å². The molecule has 7 nitrogen and oxygen atoms in total. The molecule has 0 aliphatic heterocycles. The highest BCUT2D eigenvalue weighted by molar-refractivity contribution is 7.92. The van der Waals surface area contributed by atoms with E-state index in [9.17, 15) is 18.0 Å². The Hall–Kier alpha value is -3.36. The highest BCUT2D eigenvalue weighted by atomic mass is 35.5. The van der Waals surface area contributed by atoms with Crippen molar-refractivity contribution in [1.29, 1.82) is 0 Å². The Kier molecular flexibility index (Phi) is 10.8. The fourth-order valence-corrected chi connectivity index (χ4v) is 6.11. The summed E-state index contributed by atoms with van der Waals surface area (Å²) in [5.74, 6) is -0.528. The number of carbonyl (C=O) groups excluding carboxylic acids is 2. The molecule has 1 atom stereocenters. The molecule has 0 bridgehead atoms. The number of sulfonamides is 1. The average Bonchev–Trinajstić information content (AvgIpc) is 2.92. The molecule has 0 aromatic heterocycles. The largest absolute Gasteiger partial charge is 0.354 e. The van der Waals surface area contributed by atoms with Gasteiger partial charge in [0, 0.05) is 18.1 Å². The molecule has 40 heavy (non-hydrogen) atoms. The first-order chi connectivity index (χ1) is 18.9. The minimum Gasteiger partial charge on any atom is -0.354 e. The third kappa shape index (κ3) is 7.64. The van der Waals surface area contributed by atoms with Crippen molar-refractivity contribution in [2.75, 3.05) is 17.4 Å². The van der Waals surface area contributed by atoms with E-state index in [1.54, 1.807) is 43.3 Å². The third-order valence-corrected chi connectivity index (χ3v) is 8.81. The minimum absolute atomic E-state index is 0.0501. The van der Waals surface area contributed by atoms with E-state index in [0.29, 0.717) is 29.2 Å². The van der Waals surface area contributed by atoms with Crippen LogP contribution in [0.15, 0.2) is 77.7 Å². The van der Waals surface area contributed by atoms with Crippen LogP contribution in [0.25, 0.3) is 0 Å². The van der Waals surface area contributed by atoms with Gasteiger partial charge in [0.15, 0.2) is 0 Å². The first-order valence-corrected chi connectivity index (χ1v) is 15.2. The molecule has 3 aromatic rings. The van der Waals surface area contributed by atoms with Gasteiger partial charge < -0.3 is 10.2 Å². The molecule has 214 valence electrons. The molecule has 0 aliphatic carbocycles.